The fourth-order valence-corrected chi connectivity index (χ4v) is 3.36. The van der Waals surface area contributed by atoms with E-state index in [2.05, 4.69) is 0 Å². The van der Waals surface area contributed by atoms with Crippen LogP contribution >= 0.6 is 0 Å². The number of aromatic hydroxyl groups is 1. The summed E-state index contributed by atoms with van der Waals surface area (Å²) in [5, 5.41) is 10.4. The number of hydrogen-bond donors (Lipinski definition) is 1. The van der Waals surface area contributed by atoms with Crippen LogP contribution in [0.2, 0.25) is 0 Å². The first kappa shape index (κ1) is 22.1. The minimum atomic E-state index is -0.608. The summed E-state index contributed by atoms with van der Waals surface area (Å²) < 4.78 is 16.5. The van der Waals surface area contributed by atoms with E-state index in [9.17, 15) is 19.5 Å². The van der Waals surface area contributed by atoms with Gasteiger partial charge in [-0.05, 0) is 38.0 Å². The highest BCUT2D eigenvalue weighted by Crippen LogP contribution is 2.46. The third-order valence-corrected chi connectivity index (χ3v) is 4.71. The number of hydrogen-bond acceptors (Lipinski definition) is 7. The number of phenols is 1. The molecule has 0 radical (unpaired) electrons. The molecule has 31 heavy (non-hydrogen) atoms. The quantitative estimate of drug-likeness (QED) is 0.430. The van der Waals surface area contributed by atoms with Crippen molar-refractivity contribution < 1.29 is 33.7 Å². The molecule has 0 fully saturated rings. The van der Waals surface area contributed by atoms with Crippen LogP contribution in [-0.4, -0.2) is 22.8 Å². The Kier molecular flexibility index (Phi) is 6.44. The van der Waals surface area contributed by atoms with Crippen LogP contribution in [0, 0.1) is 0 Å². The normalized spacial score (nSPS) is 14.8. The van der Waals surface area contributed by atoms with Gasteiger partial charge in [0.1, 0.15) is 34.7 Å². The highest BCUT2D eigenvalue weighted by molar-refractivity contribution is 6.03. The summed E-state index contributed by atoms with van der Waals surface area (Å²) in [6, 6.07) is 7.96. The lowest BCUT2D eigenvalue weighted by Gasteiger charge is -2.28. The Labute approximate surface area is 180 Å². The van der Waals surface area contributed by atoms with Crippen LogP contribution in [0.3, 0.4) is 0 Å². The topological polar surface area (TPSA) is 99.1 Å². The van der Waals surface area contributed by atoms with Crippen LogP contribution in [0.5, 0.6) is 23.0 Å². The zero-order valence-electron chi connectivity index (χ0n) is 17.9. The standard InChI is InChI=1S/C24H24O7/c1-13(2)5-10-18-22(30-15(4)26)12-20(28)23-19(27)11-21(31-24(18)23)16-6-8-17(9-7-16)29-14(3)25/h5-9,12,21,28H,10-11H2,1-4H3. The van der Waals surface area contributed by atoms with Crippen LogP contribution in [0.15, 0.2) is 42.0 Å². The fourth-order valence-electron chi connectivity index (χ4n) is 3.36. The van der Waals surface area contributed by atoms with Gasteiger partial charge >= 0.3 is 11.9 Å². The van der Waals surface area contributed by atoms with E-state index < -0.39 is 18.0 Å². The molecule has 1 heterocycles. The predicted molar refractivity (Wildman–Crippen MR) is 113 cm³/mol. The van der Waals surface area contributed by atoms with Crippen LogP contribution in [0.1, 0.15) is 61.7 Å². The smallest absolute Gasteiger partial charge is 0.308 e. The van der Waals surface area contributed by atoms with E-state index in [1.165, 1.54) is 19.9 Å². The fraction of sp³-hybridized carbons (Fsp3) is 0.292. The Balaban J connectivity index is 2.04. The Morgan fingerprint density at radius 3 is 2.32 bits per heavy atom. The second-order valence-electron chi connectivity index (χ2n) is 7.55. The van der Waals surface area contributed by atoms with Gasteiger partial charge < -0.3 is 19.3 Å². The molecular formula is C24H24O7. The maximum Gasteiger partial charge on any atom is 0.308 e. The monoisotopic (exact) mass is 424 g/mol. The van der Waals surface area contributed by atoms with Crippen LogP contribution < -0.4 is 14.2 Å². The van der Waals surface area contributed by atoms with E-state index in [1.807, 2.05) is 19.9 Å². The molecule has 0 bridgehead atoms. The van der Waals surface area contributed by atoms with E-state index >= 15 is 0 Å². The molecule has 0 aliphatic carbocycles. The molecule has 162 valence electrons. The molecule has 3 rings (SSSR count). The van der Waals surface area contributed by atoms with Crippen molar-refractivity contribution in [1.29, 1.82) is 0 Å². The van der Waals surface area contributed by atoms with Crippen molar-refractivity contribution in [2.24, 2.45) is 0 Å². The van der Waals surface area contributed by atoms with Crippen LogP contribution in [-0.2, 0) is 16.0 Å². The number of fused-ring (bicyclic) bond motifs is 1. The SMILES string of the molecule is CC(=O)Oc1ccc(C2CC(=O)c3c(O)cc(OC(C)=O)c(CC=C(C)C)c3O2)cc1. The van der Waals surface area contributed by atoms with Crippen LogP contribution in [0.4, 0.5) is 0 Å². The molecule has 7 nitrogen and oxygen atoms in total. The summed E-state index contributed by atoms with van der Waals surface area (Å²) >= 11 is 0. The summed E-state index contributed by atoms with van der Waals surface area (Å²) in [5.74, 6) is -0.793. The highest BCUT2D eigenvalue weighted by atomic mass is 16.5. The number of phenolic OH excluding ortho intramolecular Hbond substituents is 1. The molecule has 1 aliphatic heterocycles. The summed E-state index contributed by atoms with van der Waals surface area (Å²) in [6.07, 6.45) is 1.70. The molecule has 0 amide bonds. The second kappa shape index (κ2) is 9.04. The van der Waals surface area contributed by atoms with Crippen molar-refractivity contribution >= 4 is 17.7 Å². The average Bonchev–Trinajstić information content (AvgIpc) is 2.66. The number of benzene rings is 2. The Morgan fingerprint density at radius 2 is 1.74 bits per heavy atom. The summed E-state index contributed by atoms with van der Waals surface area (Å²) in [6.45, 7) is 6.44. The van der Waals surface area contributed by atoms with Gasteiger partial charge in [0, 0.05) is 25.5 Å². The number of Topliss-reactive ketones (excluding diaryl/α,β-unsaturated/α-hetero) is 1. The number of ketones is 1. The third kappa shape index (κ3) is 5.12. The Morgan fingerprint density at radius 1 is 1.10 bits per heavy atom. The van der Waals surface area contributed by atoms with Gasteiger partial charge in [-0.3, -0.25) is 14.4 Å². The maximum absolute atomic E-state index is 12.9. The van der Waals surface area contributed by atoms with Gasteiger partial charge in [-0.25, -0.2) is 0 Å². The predicted octanol–water partition coefficient (Wildman–Crippen LogP) is 4.46. The molecule has 0 aromatic heterocycles. The second-order valence-corrected chi connectivity index (χ2v) is 7.55. The van der Waals surface area contributed by atoms with Crippen molar-refractivity contribution in [3.63, 3.8) is 0 Å². The van der Waals surface area contributed by atoms with Crippen molar-refractivity contribution in [1.82, 2.24) is 0 Å². The number of esters is 2. The lowest BCUT2D eigenvalue weighted by Crippen LogP contribution is -2.22. The lowest BCUT2D eigenvalue weighted by atomic mass is 9.92. The Bertz CT molecular complexity index is 1060. The molecule has 1 N–H and O–H groups in total. The van der Waals surface area contributed by atoms with Gasteiger partial charge in [0.15, 0.2) is 5.78 Å². The van der Waals surface area contributed by atoms with Gasteiger partial charge in [-0.15, -0.1) is 0 Å². The molecule has 0 saturated heterocycles. The van der Waals surface area contributed by atoms with Gasteiger partial charge in [-0.2, -0.15) is 0 Å². The van der Waals surface area contributed by atoms with Gasteiger partial charge in [0.25, 0.3) is 0 Å². The van der Waals surface area contributed by atoms with Crippen molar-refractivity contribution in [3.05, 3.63) is 58.7 Å². The third-order valence-electron chi connectivity index (χ3n) is 4.71. The molecule has 1 unspecified atom stereocenters. The minimum Gasteiger partial charge on any atom is -0.507 e. The van der Waals surface area contributed by atoms with Gasteiger partial charge in [-0.1, -0.05) is 23.8 Å². The zero-order chi connectivity index (χ0) is 22.7. The molecule has 2 aromatic carbocycles. The molecule has 0 saturated carbocycles. The number of rotatable bonds is 5. The average molecular weight is 424 g/mol. The molecule has 7 heteroatoms. The van der Waals surface area contributed by atoms with Gasteiger partial charge in [0.2, 0.25) is 0 Å². The molecule has 2 aromatic rings. The van der Waals surface area contributed by atoms with E-state index in [0.29, 0.717) is 23.3 Å². The summed E-state index contributed by atoms with van der Waals surface area (Å²) in [7, 11) is 0. The van der Waals surface area contributed by atoms with Crippen molar-refractivity contribution in [2.75, 3.05) is 0 Å². The van der Waals surface area contributed by atoms with E-state index in [0.717, 1.165) is 5.57 Å². The first-order valence-corrected chi connectivity index (χ1v) is 9.84. The molecule has 1 atom stereocenters. The highest BCUT2D eigenvalue weighted by Gasteiger charge is 2.34. The number of carbonyl (C=O) groups excluding carboxylic acids is 3. The molecular weight excluding hydrogens is 400 g/mol. The first-order valence-electron chi connectivity index (χ1n) is 9.84. The van der Waals surface area contributed by atoms with E-state index in [4.69, 9.17) is 14.2 Å². The van der Waals surface area contributed by atoms with Crippen LogP contribution in [0.25, 0.3) is 0 Å². The number of carbonyl (C=O) groups is 3. The zero-order valence-corrected chi connectivity index (χ0v) is 17.9. The first-order chi connectivity index (χ1) is 14.7. The lowest BCUT2D eigenvalue weighted by molar-refractivity contribution is -0.132. The summed E-state index contributed by atoms with van der Waals surface area (Å²) in [5.41, 5.74) is 2.34. The largest absolute Gasteiger partial charge is 0.507 e. The van der Waals surface area contributed by atoms with Crippen molar-refractivity contribution in [3.8, 4) is 23.0 Å². The van der Waals surface area contributed by atoms with E-state index in [-0.39, 0.29) is 35.0 Å². The molecule has 1 aliphatic rings. The Hall–Kier alpha value is -3.61. The van der Waals surface area contributed by atoms with Crippen molar-refractivity contribution in [2.45, 2.75) is 46.6 Å². The number of allylic oxidation sites excluding steroid dienone is 2. The van der Waals surface area contributed by atoms with E-state index in [1.54, 1.807) is 24.3 Å². The number of ether oxygens (including phenoxy) is 3. The maximum atomic E-state index is 12.9. The molecule has 0 spiro atoms. The minimum absolute atomic E-state index is 0.0302. The summed E-state index contributed by atoms with van der Waals surface area (Å²) in [4.78, 5) is 35.6. The van der Waals surface area contributed by atoms with Gasteiger partial charge in [0.05, 0.1) is 6.42 Å².